The molecule has 0 heterocycles. The van der Waals surface area contributed by atoms with Crippen LogP contribution < -0.4 is 9.73 Å². The fourth-order valence-corrected chi connectivity index (χ4v) is 4.83. The van der Waals surface area contributed by atoms with Crippen molar-refractivity contribution in [2.24, 2.45) is 5.10 Å². The lowest BCUT2D eigenvalue weighted by Gasteiger charge is -2.24. The molecule has 0 aliphatic carbocycles. The van der Waals surface area contributed by atoms with E-state index in [1.54, 1.807) is 36.4 Å². The van der Waals surface area contributed by atoms with Crippen molar-refractivity contribution in [2.75, 3.05) is 10.8 Å². The molecule has 1 N–H and O–H groups in total. The molecule has 0 aromatic heterocycles. The second-order valence-corrected chi connectivity index (χ2v) is 9.71. The van der Waals surface area contributed by atoms with Gasteiger partial charge in [0.2, 0.25) is 0 Å². The number of amides is 1. The maximum absolute atomic E-state index is 13.3. The second-order valence-electron chi connectivity index (χ2n) is 6.59. The summed E-state index contributed by atoms with van der Waals surface area (Å²) in [6.07, 6.45) is 1.47. The van der Waals surface area contributed by atoms with Crippen LogP contribution in [-0.4, -0.2) is 27.1 Å². The van der Waals surface area contributed by atoms with E-state index < -0.39 is 22.5 Å². The summed E-state index contributed by atoms with van der Waals surface area (Å²) in [7, 11) is -4.04. The molecule has 6 nitrogen and oxygen atoms in total. The van der Waals surface area contributed by atoms with E-state index in [1.807, 2.05) is 31.2 Å². The molecule has 0 saturated heterocycles. The summed E-state index contributed by atoms with van der Waals surface area (Å²) in [5.74, 6) is -0.612. The third-order valence-corrected chi connectivity index (χ3v) is 7.13. The van der Waals surface area contributed by atoms with E-state index in [4.69, 9.17) is 11.6 Å². The molecule has 160 valence electrons. The van der Waals surface area contributed by atoms with Crippen molar-refractivity contribution in [2.45, 2.75) is 11.8 Å². The molecule has 3 aromatic rings. The highest BCUT2D eigenvalue weighted by atomic mass is 79.9. The van der Waals surface area contributed by atoms with Crippen molar-refractivity contribution in [3.63, 3.8) is 0 Å². The van der Waals surface area contributed by atoms with Crippen LogP contribution in [-0.2, 0) is 14.8 Å². The molecule has 31 heavy (non-hydrogen) atoms. The Bertz CT molecular complexity index is 1210. The second kappa shape index (κ2) is 10.1. The van der Waals surface area contributed by atoms with Crippen LogP contribution in [0.2, 0.25) is 5.02 Å². The molecule has 3 aromatic carbocycles. The summed E-state index contributed by atoms with van der Waals surface area (Å²) in [6, 6.07) is 20.2. The van der Waals surface area contributed by atoms with E-state index in [1.165, 1.54) is 18.3 Å². The molecule has 3 rings (SSSR count). The highest BCUT2D eigenvalue weighted by Gasteiger charge is 2.28. The molecule has 0 aliphatic heterocycles. The number of carbonyl (C=O) groups is 1. The van der Waals surface area contributed by atoms with E-state index in [2.05, 4.69) is 26.5 Å². The molecule has 0 saturated carbocycles. The minimum Gasteiger partial charge on any atom is -0.271 e. The number of aryl methyl sites for hydroxylation is 1. The lowest BCUT2D eigenvalue weighted by atomic mass is 10.2. The molecule has 0 spiro atoms. The zero-order valence-corrected chi connectivity index (χ0v) is 19.7. The molecule has 9 heteroatoms. The van der Waals surface area contributed by atoms with Crippen molar-refractivity contribution >= 4 is 55.4 Å². The largest absolute Gasteiger partial charge is 0.271 e. The topological polar surface area (TPSA) is 78.8 Å². The fourth-order valence-electron chi connectivity index (χ4n) is 2.71. The number of carbonyl (C=O) groups excluding carboxylic acids is 1. The predicted octanol–water partition coefficient (Wildman–Crippen LogP) is 4.76. The standard InChI is InChI=1S/C22H19BrClN3O3S/c1-16-10-12-18(13-11-16)31(29,30)27(21-9-5-4-8-20(21)24)15-22(28)26-25-14-17-6-2-3-7-19(17)23/h2-14H,15H2,1H3,(H,26,28)/b25-14-. The number of hydrogen-bond donors (Lipinski definition) is 1. The number of nitrogens with zero attached hydrogens (tertiary/aromatic N) is 2. The van der Waals surface area contributed by atoms with Crippen molar-refractivity contribution in [1.29, 1.82) is 0 Å². The van der Waals surface area contributed by atoms with Crippen LogP contribution in [0.25, 0.3) is 0 Å². The van der Waals surface area contributed by atoms with Crippen LogP contribution in [0.15, 0.2) is 87.3 Å². The summed E-state index contributed by atoms with van der Waals surface area (Å²) in [6.45, 7) is 1.37. The molecule has 0 fully saturated rings. The molecule has 0 aliphatic rings. The van der Waals surface area contributed by atoms with Gasteiger partial charge in [0, 0.05) is 10.0 Å². The monoisotopic (exact) mass is 519 g/mol. The van der Waals surface area contributed by atoms with E-state index in [9.17, 15) is 13.2 Å². The number of anilines is 1. The van der Waals surface area contributed by atoms with Gasteiger partial charge in [-0.15, -0.1) is 0 Å². The van der Waals surface area contributed by atoms with Crippen LogP contribution in [0.5, 0.6) is 0 Å². The van der Waals surface area contributed by atoms with Gasteiger partial charge in [0.05, 0.1) is 21.8 Å². The third kappa shape index (κ3) is 5.72. The van der Waals surface area contributed by atoms with Gasteiger partial charge in [0.1, 0.15) is 6.54 Å². The summed E-state index contributed by atoms with van der Waals surface area (Å²) >= 11 is 9.64. The molecule has 0 bridgehead atoms. The predicted molar refractivity (Wildman–Crippen MR) is 127 cm³/mol. The zero-order valence-electron chi connectivity index (χ0n) is 16.5. The van der Waals surface area contributed by atoms with E-state index >= 15 is 0 Å². The number of nitrogens with one attached hydrogen (secondary N) is 1. The van der Waals surface area contributed by atoms with Gasteiger partial charge >= 0.3 is 0 Å². The first-order valence-electron chi connectivity index (χ1n) is 9.19. The third-order valence-electron chi connectivity index (χ3n) is 4.32. The number of rotatable bonds is 7. The van der Waals surface area contributed by atoms with Crippen LogP contribution in [0.1, 0.15) is 11.1 Å². The first-order valence-corrected chi connectivity index (χ1v) is 11.8. The quantitative estimate of drug-likeness (QED) is 0.360. The lowest BCUT2D eigenvalue weighted by Crippen LogP contribution is -2.39. The minimum absolute atomic E-state index is 0.0579. The normalized spacial score (nSPS) is 11.5. The minimum atomic E-state index is -4.04. The summed E-state index contributed by atoms with van der Waals surface area (Å²) < 4.78 is 28.4. The van der Waals surface area contributed by atoms with E-state index in [-0.39, 0.29) is 15.6 Å². The van der Waals surface area contributed by atoms with Gasteiger partial charge < -0.3 is 0 Å². The van der Waals surface area contributed by atoms with Gasteiger partial charge in [0.25, 0.3) is 15.9 Å². The van der Waals surface area contributed by atoms with Gasteiger partial charge in [-0.1, -0.05) is 75.6 Å². The number of benzene rings is 3. The Morgan fingerprint density at radius 3 is 2.39 bits per heavy atom. The van der Waals surface area contributed by atoms with E-state index in [0.29, 0.717) is 0 Å². The van der Waals surface area contributed by atoms with Crippen molar-refractivity contribution < 1.29 is 13.2 Å². The van der Waals surface area contributed by atoms with Crippen molar-refractivity contribution in [3.05, 3.63) is 93.4 Å². The number of hydrogen-bond acceptors (Lipinski definition) is 4. The maximum atomic E-state index is 13.3. The van der Waals surface area contributed by atoms with Gasteiger partial charge in [-0.25, -0.2) is 13.8 Å². The Kier molecular flexibility index (Phi) is 7.48. The van der Waals surface area contributed by atoms with Crippen LogP contribution >= 0.6 is 27.5 Å². The average molecular weight is 521 g/mol. The zero-order chi connectivity index (χ0) is 22.4. The molecular weight excluding hydrogens is 502 g/mol. The van der Waals surface area contributed by atoms with Crippen LogP contribution in [0, 0.1) is 6.92 Å². The maximum Gasteiger partial charge on any atom is 0.264 e. The highest BCUT2D eigenvalue weighted by Crippen LogP contribution is 2.30. The van der Waals surface area contributed by atoms with Crippen molar-refractivity contribution in [3.8, 4) is 0 Å². The molecule has 0 atom stereocenters. The van der Waals surface area contributed by atoms with Gasteiger partial charge in [-0.05, 0) is 37.3 Å². The van der Waals surface area contributed by atoms with E-state index in [0.717, 1.165) is 19.9 Å². The fraction of sp³-hybridized carbons (Fsp3) is 0.0909. The van der Waals surface area contributed by atoms with Crippen LogP contribution in [0.3, 0.4) is 0 Å². The lowest BCUT2D eigenvalue weighted by molar-refractivity contribution is -0.119. The SMILES string of the molecule is Cc1ccc(S(=O)(=O)N(CC(=O)N/N=C\c2ccccc2Br)c2ccccc2Cl)cc1. The Morgan fingerprint density at radius 1 is 1.06 bits per heavy atom. The Balaban J connectivity index is 1.87. The first-order chi connectivity index (χ1) is 14.8. The van der Waals surface area contributed by atoms with Gasteiger partial charge in [-0.3, -0.25) is 9.10 Å². The van der Waals surface area contributed by atoms with Crippen LogP contribution in [0.4, 0.5) is 5.69 Å². The highest BCUT2D eigenvalue weighted by molar-refractivity contribution is 9.10. The summed E-state index contributed by atoms with van der Waals surface area (Å²) in [4.78, 5) is 12.6. The molecular formula is C22H19BrClN3O3S. The van der Waals surface area contributed by atoms with Gasteiger partial charge in [0.15, 0.2) is 0 Å². The Morgan fingerprint density at radius 2 is 1.71 bits per heavy atom. The average Bonchev–Trinajstić information content (AvgIpc) is 2.74. The molecule has 0 radical (unpaired) electrons. The summed E-state index contributed by atoms with van der Waals surface area (Å²) in [5, 5.41) is 4.14. The number of hydrazone groups is 1. The number of sulfonamides is 1. The molecule has 0 unspecified atom stereocenters. The first kappa shape index (κ1) is 23.0. The Labute approximate surface area is 194 Å². The van der Waals surface area contributed by atoms with Gasteiger partial charge in [-0.2, -0.15) is 5.10 Å². The summed E-state index contributed by atoms with van der Waals surface area (Å²) in [5.41, 5.74) is 4.26. The number of halogens is 2. The Hall–Kier alpha value is -2.68. The van der Waals surface area contributed by atoms with Crippen molar-refractivity contribution in [1.82, 2.24) is 5.43 Å². The molecule has 1 amide bonds. The number of para-hydroxylation sites is 1. The smallest absolute Gasteiger partial charge is 0.264 e.